The van der Waals surface area contributed by atoms with Crippen molar-refractivity contribution in [2.45, 2.75) is 152 Å². The molecule has 0 aliphatic rings. The molecule has 52 heteroatoms. The van der Waals surface area contributed by atoms with Gasteiger partial charge in [-0.1, -0.05) is 242 Å². The number of halogens is 7. The van der Waals surface area contributed by atoms with Gasteiger partial charge in [0, 0.05) is 78.5 Å². The number of Topliss-reactive ketones (excluding diaryl/α,β-unsaturated/α-hetero) is 1. The van der Waals surface area contributed by atoms with Gasteiger partial charge in [0.25, 0.3) is 17.7 Å². The molecule has 20 N–H and O–H groups in total. The van der Waals surface area contributed by atoms with Crippen LogP contribution in [0, 0.1) is 23.7 Å². The second-order valence-electron chi connectivity index (χ2n) is 27.8. The predicted molar refractivity (Wildman–Crippen MR) is 621 cm³/mol. The van der Waals surface area contributed by atoms with Gasteiger partial charge in [-0.3, -0.25) is 9.59 Å². The topological polar surface area (TPSA) is 642 Å². The predicted octanol–water partition coefficient (Wildman–Crippen LogP) is 20.6. The van der Waals surface area contributed by atoms with Crippen LogP contribution in [0.5, 0.6) is 29.4 Å². The molecule has 0 saturated carbocycles. The maximum absolute atomic E-state index is 11.6. The number of benzene rings is 5. The molecule has 8 heterocycles. The molecule has 0 aliphatic carbocycles. The number of imidazole rings is 2. The van der Waals surface area contributed by atoms with Crippen LogP contribution in [0.3, 0.4) is 0 Å². The first-order valence-electron chi connectivity index (χ1n) is 42.9. The summed E-state index contributed by atoms with van der Waals surface area (Å²) in [6.07, 6.45) is 6.54. The third kappa shape index (κ3) is 63.2. The number of aryl methyl sites for hydroxylation is 1. The molecule has 0 spiro atoms. The summed E-state index contributed by atoms with van der Waals surface area (Å²) in [4.78, 5) is 102. The Morgan fingerprint density at radius 3 is 1.25 bits per heavy atom. The van der Waals surface area contributed by atoms with Gasteiger partial charge in [0.05, 0.1) is 0 Å². The van der Waals surface area contributed by atoms with E-state index in [-0.39, 0.29) is 133 Å². The van der Waals surface area contributed by atoms with Gasteiger partial charge in [0.1, 0.15) is 93.4 Å². The van der Waals surface area contributed by atoms with Crippen LogP contribution in [0.2, 0.25) is 5.15 Å². The number of ether oxygens (including phenoxy) is 11. The van der Waals surface area contributed by atoms with Crippen molar-refractivity contribution in [3.8, 4) is 29.4 Å². The number of rotatable bonds is 34. The van der Waals surface area contributed by atoms with Crippen LogP contribution in [-0.4, -0.2) is 164 Å². The Labute approximate surface area is 933 Å². The van der Waals surface area contributed by atoms with Crippen LogP contribution in [0.15, 0.2) is 174 Å². The van der Waals surface area contributed by atoms with Gasteiger partial charge in [-0.15, -0.1) is 9.81 Å². The van der Waals surface area contributed by atoms with Crippen molar-refractivity contribution in [2.24, 2.45) is 10.4 Å². The van der Waals surface area contributed by atoms with E-state index in [2.05, 4.69) is 257 Å². The maximum atomic E-state index is 11.6. The molecule has 0 bridgehead atoms. The van der Waals surface area contributed by atoms with E-state index in [0.717, 1.165) is 63.4 Å². The number of hydrogen-bond acceptors (Lipinski definition) is 40. The first-order valence-corrected chi connectivity index (χ1v) is 67.1. The Morgan fingerprint density at radius 2 is 0.862 bits per heavy atom. The number of amides is 1. The quantitative estimate of drug-likeness (QED) is 0.00445. The van der Waals surface area contributed by atoms with Crippen LogP contribution in [-0.2, 0) is 105 Å². The second-order valence-corrected chi connectivity index (χ2v) is 77.5. The number of H-pyrrole nitrogens is 1. The van der Waals surface area contributed by atoms with Crippen molar-refractivity contribution in [1.29, 1.82) is 0 Å². The number of nitrogens with one attached hydrogen (secondary N) is 2. The molecule has 0 saturated heterocycles. The number of nitrogens with zero attached hydrogens (tertiary/aromatic N) is 17. The Morgan fingerprint density at radius 1 is 0.483 bits per heavy atom. The zero-order chi connectivity index (χ0) is 107. The van der Waals surface area contributed by atoms with Gasteiger partial charge in [-0.25, -0.2) is 15.0 Å². The number of anilines is 10. The van der Waals surface area contributed by atoms with E-state index in [1.165, 1.54) is 46.5 Å². The molecular formula is C93H132ClI6N28O15V2-2. The third-order valence-electron chi connectivity index (χ3n) is 16.0. The van der Waals surface area contributed by atoms with Crippen LogP contribution in [0.25, 0.3) is 22.3 Å². The summed E-state index contributed by atoms with van der Waals surface area (Å²) in [5, 5.41) is 8.21. The summed E-state index contributed by atoms with van der Waals surface area (Å²) in [5.74, 6) is 2.60. The van der Waals surface area contributed by atoms with E-state index >= 15 is 0 Å². The summed E-state index contributed by atoms with van der Waals surface area (Å²) in [5.41, 5.74) is 56.3. The fourth-order valence-electron chi connectivity index (χ4n) is 10.0. The number of carbonyl (C=O) groups excluding carboxylic acids is 2. The fourth-order valence-corrected chi connectivity index (χ4v) is 10.2. The Kier molecular flexibility index (Phi) is 81.3. The van der Waals surface area contributed by atoms with E-state index in [4.69, 9.17) is 106 Å². The normalized spacial score (nSPS) is 9.94. The Hall–Kier alpha value is -9.34. The van der Waals surface area contributed by atoms with E-state index in [1.807, 2.05) is 170 Å². The van der Waals surface area contributed by atoms with Gasteiger partial charge in [-0.05, 0) is 64.4 Å². The van der Waals surface area contributed by atoms with Crippen molar-refractivity contribution >= 4 is 238 Å². The van der Waals surface area contributed by atoms with Crippen molar-refractivity contribution in [1.82, 2.24) is 79.3 Å². The summed E-state index contributed by atoms with van der Waals surface area (Å²) >= 11 is 20.0. The Bertz CT molecular complexity index is 5570. The summed E-state index contributed by atoms with van der Waals surface area (Å²) in [6, 6.07) is 51.1. The number of hydrogen-bond donors (Lipinski definition) is 11. The molecule has 5 aromatic carbocycles. The third-order valence-corrected chi connectivity index (χ3v) is 17.1. The zero-order valence-corrected chi connectivity index (χ0v) is 97.8. The molecular weight excluding hydrogens is 2650 g/mol. The molecule has 1 unspecified atom stereocenters. The Balaban J connectivity index is 0. The number of aromatic amines is 1. The fraction of sp³-hybridized carbons (Fsp3) is 0.355. The van der Waals surface area contributed by atoms with Crippen LogP contribution >= 0.6 is 134 Å². The number of unbranched alkanes of at least 4 members (excludes halogenated alkanes) is 1. The van der Waals surface area contributed by atoms with Gasteiger partial charge in [0.2, 0.25) is 64.7 Å². The number of fused-ring (bicyclic) bond motifs is 2. The number of nitroso groups, excluding NO2 is 2. The average molecular weight is 2780 g/mol. The molecule has 8 aromatic heterocycles. The van der Waals surface area contributed by atoms with Crippen LogP contribution in [0.4, 0.5) is 70.3 Å². The SMILES string of the molecule is C.C.CCC(C)I.CCCCOC.COCC(=O)Nc1nc(N)nc(OCc2ccccc2)c1N=O.COCC(C)=O.COCCCn1c(COC)nc2c(OCc3ccccc3)nc(N)nc21.COCc1nc2nc(N)nc(OCc3ccccc3)c2[nH]1.Nc1cc(Cl)nc(N)n1.Nc1cc(OCc2ccccc2)nc(N)n1.Nc1nc(N)c(N=O)c(OCc2ccccc2)n1.[CH2-]CC.[CH2-]CC.[I][V]([I])[I].[I][V][I]. The van der Waals surface area contributed by atoms with Crippen LogP contribution in [0.1, 0.15) is 134 Å². The average Bonchev–Trinajstić information content (AvgIpc) is 1.62. The molecule has 43 nitrogen and oxygen atoms in total. The molecule has 1 amide bonds. The van der Waals surface area contributed by atoms with E-state index < -0.39 is 5.91 Å². The van der Waals surface area contributed by atoms with Crippen molar-refractivity contribution < 1.29 is 76.1 Å². The molecule has 145 heavy (non-hydrogen) atoms. The number of alkyl halides is 1. The monoisotopic (exact) mass is 2780 g/mol. The van der Waals surface area contributed by atoms with E-state index in [0.29, 0.717) is 107 Å². The summed E-state index contributed by atoms with van der Waals surface area (Å²) in [6.45, 7) is 23.6. The molecule has 0 fully saturated rings. The molecule has 0 radical (unpaired) electrons. The van der Waals surface area contributed by atoms with Crippen molar-refractivity contribution in [3.05, 3.63) is 232 Å². The minimum atomic E-state index is -0.510. The summed E-state index contributed by atoms with van der Waals surface area (Å²) in [7, 11) is 10.1. The minimum absolute atomic E-state index is 0. The van der Waals surface area contributed by atoms with Crippen LogP contribution < -0.4 is 80.6 Å². The zero-order valence-electron chi connectivity index (χ0n) is 81.3. The van der Waals surface area contributed by atoms with E-state index in [9.17, 15) is 19.4 Å². The van der Waals surface area contributed by atoms with Crippen molar-refractivity contribution in [2.75, 3.05) is 126 Å². The summed E-state index contributed by atoms with van der Waals surface area (Å²) < 4.78 is 60.1. The number of nitrogen functional groups attached to an aromatic ring is 9. The van der Waals surface area contributed by atoms with Crippen molar-refractivity contribution in [3.63, 3.8) is 0 Å². The number of aromatic nitrogens is 16. The molecule has 0 aliphatic heterocycles. The van der Waals surface area contributed by atoms with Gasteiger partial charge < -0.3 is 132 Å². The number of nitrogens with two attached hydrogens (primary N) is 9. The molecule has 1 atom stereocenters. The first kappa shape index (κ1) is 138. The van der Waals surface area contributed by atoms with Gasteiger partial charge in [0.15, 0.2) is 34.2 Å². The second kappa shape index (κ2) is 85.6. The van der Waals surface area contributed by atoms with Gasteiger partial charge >= 0.3 is 114 Å². The van der Waals surface area contributed by atoms with E-state index in [1.54, 1.807) is 34.5 Å². The standard InChI is InChI=1S/C18H23N5O3.C14H15N5O4.C14H15N5O2.C11H11N5O2.C11H12N4O.C5H12O.C4H5ClN4.C4H9I.C4H8O2.2C3H7.2CH4.5HI.2V/c1-24-10-6-9-23-14(12-25-2)20-15-16(23)21-18(19)22-17(15)26-11-13-7-4-3-5-8-13;1-22-8-10(20)16-12-11(19-21)13(18-14(15)17-12)23-7-9-5-3-2-4-6-9;1-20-8-10-16-11-12(17-10)18-14(15)19-13(11)21-7-9-5-3-2-4-6-9;12-9-8(16-17)10(15-11(13)14-9)18-6-7-4-2-1-3-5-7;12-9-6-10(15-11(13)14-9)16-7-8-4-2-1-3-5-8;1-3-4-5-6-2;5-2-1-3(6)9-4(7)8-2;1-3-4(2)5;1-4(5)3-6-2;2*1-3-2;;;;;;;;;/h3-5,7-8H,6,9-12H2,1-2H3,(H2,19,21,22);2-6H,7-8H2,1H3,(H3,15,16,17,18,20);2-6H,7-8H2,1H3,(H3,15,16,17,18,19);1-5H,6H2,(H4,12,13,14,15);1-6H,7H2,(H4,12,13,14,15);3-5H2,1-2H3;1H,(H4,6,7,8,9);4H,3H2,1-2H3;3H2,1-2H3;2*1,3H2,2H3;2*1H4;5*1H;;/q;;;;;;;;;2*-1;;;;;;;;+2;+3/p-5. The number of ketones is 1. The molecule has 795 valence electrons. The van der Waals surface area contributed by atoms with Gasteiger partial charge in [-0.2, -0.15) is 67.7 Å². The molecule has 13 aromatic rings. The first-order chi connectivity index (χ1) is 68.7. The number of methoxy groups -OCH3 is 6. The molecule has 13 rings (SSSR count). The number of carbonyl (C=O) groups is 2.